The van der Waals surface area contributed by atoms with Gasteiger partial charge in [0.2, 0.25) is 0 Å². The van der Waals surface area contributed by atoms with Crippen molar-refractivity contribution in [3.8, 4) is 23.0 Å². The van der Waals surface area contributed by atoms with Crippen LogP contribution in [0.15, 0.2) is 30.3 Å². The van der Waals surface area contributed by atoms with Crippen molar-refractivity contribution in [2.75, 3.05) is 13.7 Å². The van der Waals surface area contributed by atoms with Crippen LogP contribution in [-0.4, -0.2) is 44.4 Å². The molecule has 0 N–H and O–H groups in total. The van der Waals surface area contributed by atoms with Gasteiger partial charge in [-0.1, -0.05) is 0 Å². The molecule has 0 aliphatic carbocycles. The van der Waals surface area contributed by atoms with Crippen LogP contribution in [0.4, 0.5) is 0 Å². The van der Waals surface area contributed by atoms with E-state index in [4.69, 9.17) is 139 Å². The number of benzene rings is 3. The molecule has 242 valence electrons. The molecule has 8 rings (SSSR count). The number of fused-ring (bicyclic) bond motifs is 5. The standard InChI is InChI=1S/C26H16Cl8O10P/c1-35-26-24-23(18-9(37-26)7-36-25(38-18)8-5-3-2-4-6-8)43-45(44-24,39-19-14(31)10(27)11(28)15(32)20(19)40-45)41-21-16(33)12(29)13(30)17(34)22(21)42-45/h2-6,9,18,23-26H,7H2,1H3/q-1/t9-,18-,23+,24+,25+,26+/m1/s1. The second-order valence-corrected chi connectivity index (χ2v) is 16.8. The molecule has 6 atom stereocenters. The van der Waals surface area contributed by atoms with Crippen molar-refractivity contribution in [1.29, 1.82) is 0 Å². The number of methoxy groups -OCH3 is 1. The molecule has 0 unspecified atom stereocenters. The van der Waals surface area contributed by atoms with Gasteiger partial charge in [-0.2, -0.15) is 0 Å². The quantitative estimate of drug-likeness (QED) is 0.142. The molecule has 0 saturated carbocycles. The monoisotopic (exact) mass is 799 g/mol. The van der Waals surface area contributed by atoms with E-state index in [0.29, 0.717) is 0 Å². The Hall–Kier alpha value is -0.630. The summed E-state index contributed by atoms with van der Waals surface area (Å²) in [5.74, 6) is -1.10. The van der Waals surface area contributed by atoms with Crippen LogP contribution < -0.4 is 18.1 Å². The summed E-state index contributed by atoms with van der Waals surface area (Å²) in [6, 6.07) is 9.26. The molecule has 5 aliphatic rings. The van der Waals surface area contributed by atoms with Gasteiger partial charge in [0, 0.05) is 0 Å². The molecule has 5 heterocycles. The summed E-state index contributed by atoms with van der Waals surface area (Å²) in [6.45, 7) is 0.0885. The van der Waals surface area contributed by atoms with Crippen LogP contribution in [0.5, 0.6) is 23.0 Å². The van der Waals surface area contributed by atoms with Gasteiger partial charge in [0.1, 0.15) is 0 Å². The van der Waals surface area contributed by atoms with Crippen molar-refractivity contribution in [3.05, 3.63) is 76.1 Å². The summed E-state index contributed by atoms with van der Waals surface area (Å²) in [6.07, 6.45) is -5.92. The molecule has 45 heavy (non-hydrogen) atoms. The Morgan fingerprint density at radius 1 is 0.600 bits per heavy atom. The Bertz CT molecular complexity index is 1650. The molecule has 10 nitrogen and oxygen atoms in total. The van der Waals surface area contributed by atoms with E-state index in [9.17, 15) is 0 Å². The Balaban J connectivity index is 1.32. The predicted octanol–water partition coefficient (Wildman–Crippen LogP) is 10.0. The van der Waals surface area contributed by atoms with E-state index >= 15 is 0 Å². The summed E-state index contributed by atoms with van der Waals surface area (Å²) in [4.78, 5) is 0. The fourth-order valence-corrected chi connectivity index (χ4v) is 12.1. The van der Waals surface area contributed by atoms with Crippen LogP contribution in [0.3, 0.4) is 0 Å². The first-order valence-corrected chi connectivity index (χ1v) is 18.2. The van der Waals surface area contributed by atoms with Crippen molar-refractivity contribution in [3.63, 3.8) is 0 Å². The average molecular weight is 803 g/mol. The Labute approximate surface area is 294 Å². The van der Waals surface area contributed by atoms with E-state index in [0.717, 1.165) is 5.56 Å². The Morgan fingerprint density at radius 3 is 1.53 bits per heavy atom. The van der Waals surface area contributed by atoms with Crippen LogP contribution in [0.2, 0.25) is 40.2 Å². The summed E-state index contributed by atoms with van der Waals surface area (Å²) >= 11 is 51.9. The summed E-state index contributed by atoms with van der Waals surface area (Å²) in [7, 11) is -5.38. The van der Waals surface area contributed by atoms with Crippen LogP contribution in [-0.2, 0) is 28.0 Å². The van der Waals surface area contributed by atoms with Gasteiger partial charge in [-0.15, -0.1) is 0 Å². The number of hydrogen-bond donors (Lipinski definition) is 0. The van der Waals surface area contributed by atoms with Crippen molar-refractivity contribution < 1.29 is 46.1 Å². The Morgan fingerprint density at radius 2 is 1.07 bits per heavy atom. The molecule has 3 aromatic rings. The van der Waals surface area contributed by atoms with Gasteiger partial charge in [-0.3, -0.25) is 0 Å². The first-order chi connectivity index (χ1) is 21.3. The molecule has 19 heteroatoms. The van der Waals surface area contributed by atoms with Gasteiger partial charge in [0.15, 0.2) is 0 Å². The SMILES string of the molecule is CO[C@H]1O[C@@H]2CO[C@H](c3ccccc3)O[C@H]2[C@@H]2O[P-]34(Oc5c(Cl)c(Cl)c(Cl)c(Cl)c5O3)(Oc3c(Cl)c(Cl)c(Cl)c(Cl)c3O4)O[C@H]12. The number of ether oxygens (including phenoxy) is 4. The predicted molar refractivity (Wildman–Crippen MR) is 168 cm³/mol. The molecule has 0 aromatic heterocycles. The number of halogens is 8. The molecule has 5 aliphatic heterocycles. The summed E-state index contributed by atoms with van der Waals surface area (Å²) in [5.41, 5.74) is 0.743. The molecule has 3 aromatic carbocycles. The average Bonchev–Trinajstić information content (AvgIpc) is 3.66. The fourth-order valence-electron chi connectivity index (χ4n) is 5.81. The zero-order valence-corrected chi connectivity index (χ0v) is 29.1. The Kier molecular flexibility index (Phi) is 7.17. The van der Waals surface area contributed by atoms with E-state index in [1.807, 2.05) is 30.3 Å². The molecule has 0 amide bonds. The number of rotatable bonds is 2. The minimum absolute atomic E-state index is 0.0885. The van der Waals surface area contributed by atoms with E-state index < -0.39 is 44.3 Å². The molecular formula is C26H16Cl8O10P-. The molecular weight excluding hydrogens is 787 g/mol. The maximum absolute atomic E-state index is 6.77. The van der Waals surface area contributed by atoms with Gasteiger partial charge >= 0.3 is 296 Å². The summed E-state index contributed by atoms with van der Waals surface area (Å²) < 4.78 is 63.5. The zero-order valence-electron chi connectivity index (χ0n) is 22.1. The maximum atomic E-state index is 6.76. The van der Waals surface area contributed by atoms with Gasteiger partial charge in [-0.05, 0) is 0 Å². The minimum atomic E-state index is -6.77. The van der Waals surface area contributed by atoms with Crippen molar-refractivity contribution in [2.24, 2.45) is 0 Å². The van der Waals surface area contributed by atoms with Crippen molar-refractivity contribution >= 4 is 100 Å². The van der Waals surface area contributed by atoms with Gasteiger partial charge < -0.3 is 0 Å². The number of hydrogen-bond acceptors (Lipinski definition) is 10. The normalized spacial score (nSPS) is 32.4. The van der Waals surface area contributed by atoms with E-state index in [1.54, 1.807) is 0 Å². The topological polar surface area (TPSA) is 92.3 Å². The van der Waals surface area contributed by atoms with E-state index in [1.165, 1.54) is 7.11 Å². The van der Waals surface area contributed by atoms with E-state index in [2.05, 4.69) is 0 Å². The zero-order chi connectivity index (χ0) is 31.7. The van der Waals surface area contributed by atoms with Crippen LogP contribution in [0, 0.1) is 0 Å². The van der Waals surface area contributed by atoms with Crippen LogP contribution in [0.25, 0.3) is 0 Å². The van der Waals surface area contributed by atoms with E-state index in [-0.39, 0.29) is 69.8 Å². The molecule has 1 spiro atoms. The van der Waals surface area contributed by atoms with Gasteiger partial charge in [0.25, 0.3) is 0 Å². The van der Waals surface area contributed by atoms with Crippen LogP contribution >= 0.6 is 100 Å². The molecule has 3 fully saturated rings. The second kappa shape index (κ2) is 10.2. The van der Waals surface area contributed by atoms with Crippen molar-refractivity contribution in [1.82, 2.24) is 0 Å². The molecule has 0 bridgehead atoms. The fraction of sp³-hybridized carbons (Fsp3) is 0.308. The third-order valence-electron chi connectivity index (χ3n) is 7.74. The van der Waals surface area contributed by atoms with Gasteiger partial charge in [0.05, 0.1) is 0 Å². The third kappa shape index (κ3) is 4.24. The molecule has 0 radical (unpaired) electrons. The first kappa shape index (κ1) is 31.6. The van der Waals surface area contributed by atoms with Gasteiger partial charge in [-0.25, -0.2) is 0 Å². The summed E-state index contributed by atoms with van der Waals surface area (Å²) in [5, 5.41) is -1.52. The second-order valence-electron chi connectivity index (χ2n) is 10.4. The molecule has 3 saturated heterocycles. The van der Waals surface area contributed by atoms with Crippen LogP contribution in [0.1, 0.15) is 11.9 Å². The first-order valence-electron chi connectivity index (χ1n) is 12.9. The van der Waals surface area contributed by atoms with Crippen molar-refractivity contribution in [2.45, 2.75) is 37.0 Å². The third-order valence-corrected chi connectivity index (χ3v) is 14.8.